The number of halogens is 1. The van der Waals surface area contributed by atoms with Gasteiger partial charge in [0, 0.05) is 11.6 Å². The first kappa shape index (κ1) is 18.3. The molecule has 1 atom stereocenters. The Morgan fingerprint density at radius 1 is 1.38 bits per heavy atom. The van der Waals surface area contributed by atoms with Crippen molar-refractivity contribution in [2.45, 2.75) is 37.7 Å². The van der Waals surface area contributed by atoms with Crippen molar-refractivity contribution in [2.75, 3.05) is 11.9 Å². The van der Waals surface area contributed by atoms with Gasteiger partial charge in [-0.3, -0.25) is 4.79 Å². The summed E-state index contributed by atoms with van der Waals surface area (Å²) in [5.74, 6) is 4.02. The SMILES string of the molecule is N#Cc1ccc(NC(=O)C(O)(C#CCO)C2CCCCC2)cc1Cl. The first-order valence-corrected chi connectivity index (χ1v) is 8.23. The Morgan fingerprint density at radius 2 is 2.08 bits per heavy atom. The minimum atomic E-state index is -1.86. The molecule has 1 aliphatic carbocycles. The minimum Gasteiger partial charge on any atom is -0.384 e. The summed E-state index contributed by atoms with van der Waals surface area (Å²) in [5.41, 5.74) is -1.18. The Morgan fingerprint density at radius 3 is 2.67 bits per heavy atom. The van der Waals surface area contributed by atoms with Crippen LogP contribution >= 0.6 is 11.6 Å². The van der Waals surface area contributed by atoms with Gasteiger partial charge in [-0.25, -0.2) is 0 Å². The zero-order chi connectivity index (χ0) is 17.6. The molecule has 2 rings (SSSR count). The average molecular weight is 347 g/mol. The second-order valence-electron chi connectivity index (χ2n) is 5.82. The molecule has 1 aliphatic rings. The summed E-state index contributed by atoms with van der Waals surface area (Å²) in [6.07, 6.45) is 4.36. The highest BCUT2D eigenvalue weighted by Gasteiger charge is 2.43. The van der Waals surface area contributed by atoms with Gasteiger partial charge in [-0.15, -0.1) is 0 Å². The molecule has 126 valence electrons. The van der Waals surface area contributed by atoms with E-state index in [-0.39, 0.29) is 10.9 Å². The molecule has 0 saturated heterocycles. The van der Waals surface area contributed by atoms with Crippen LogP contribution in [0.5, 0.6) is 0 Å². The van der Waals surface area contributed by atoms with E-state index in [0.29, 0.717) is 24.1 Å². The molecule has 1 saturated carbocycles. The second-order valence-corrected chi connectivity index (χ2v) is 6.23. The van der Waals surface area contributed by atoms with Gasteiger partial charge < -0.3 is 15.5 Å². The molecule has 1 amide bonds. The van der Waals surface area contributed by atoms with Crippen LogP contribution in [0.2, 0.25) is 5.02 Å². The first-order chi connectivity index (χ1) is 11.5. The van der Waals surface area contributed by atoms with E-state index in [2.05, 4.69) is 17.2 Å². The van der Waals surface area contributed by atoms with Gasteiger partial charge in [0.1, 0.15) is 12.7 Å². The number of nitrogens with zero attached hydrogens (tertiary/aromatic N) is 1. The van der Waals surface area contributed by atoms with Crippen LogP contribution < -0.4 is 5.32 Å². The van der Waals surface area contributed by atoms with Crippen molar-refractivity contribution < 1.29 is 15.0 Å². The molecule has 0 aliphatic heterocycles. The largest absolute Gasteiger partial charge is 0.384 e. The van der Waals surface area contributed by atoms with Gasteiger partial charge in [0.05, 0.1) is 10.6 Å². The fourth-order valence-electron chi connectivity index (χ4n) is 2.95. The monoisotopic (exact) mass is 346 g/mol. The average Bonchev–Trinajstić information content (AvgIpc) is 2.60. The lowest BCUT2D eigenvalue weighted by Gasteiger charge is -2.33. The lowest BCUT2D eigenvalue weighted by atomic mass is 9.76. The fraction of sp³-hybridized carbons (Fsp3) is 0.444. The third kappa shape index (κ3) is 4.07. The summed E-state index contributed by atoms with van der Waals surface area (Å²) >= 11 is 5.96. The van der Waals surface area contributed by atoms with Crippen LogP contribution in [0, 0.1) is 29.1 Å². The zero-order valence-electron chi connectivity index (χ0n) is 13.2. The van der Waals surface area contributed by atoms with Crippen LogP contribution in [0.15, 0.2) is 18.2 Å². The standard InChI is InChI=1S/C18H19ClN2O3/c19-16-11-15(8-7-13(16)12-20)21-17(23)18(24,9-4-10-22)14-5-2-1-3-6-14/h7-8,11,14,22,24H,1-3,5-6,10H2,(H,21,23). The second kappa shape index (κ2) is 8.17. The number of benzene rings is 1. The summed E-state index contributed by atoms with van der Waals surface area (Å²) in [4.78, 5) is 12.7. The molecule has 0 aromatic heterocycles. The van der Waals surface area contributed by atoms with Crippen molar-refractivity contribution in [1.82, 2.24) is 0 Å². The molecule has 6 heteroatoms. The van der Waals surface area contributed by atoms with Crippen LogP contribution in [0.4, 0.5) is 5.69 Å². The molecular formula is C18H19ClN2O3. The van der Waals surface area contributed by atoms with Crippen molar-refractivity contribution >= 4 is 23.2 Å². The summed E-state index contributed by atoms with van der Waals surface area (Å²) < 4.78 is 0. The van der Waals surface area contributed by atoms with Crippen LogP contribution in [-0.4, -0.2) is 28.3 Å². The predicted octanol–water partition coefficient (Wildman–Crippen LogP) is 2.46. The number of carbonyl (C=O) groups excluding carboxylic acids is 1. The zero-order valence-corrected chi connectivity index (χ0v) is 13.9. The van der Waals surface area contributed by atoms with Gasteiger partial charge >= 0.3 is 0 Å². The summed E-state index contributed by atoms with van der Waals surface area (Å²) in [6, 6.07) is 6.44. The maximum absolute atomic E-state index is 12.7. The molecule has 1 aromatic carbocycles. The number of anilines is 1. The molecule has 0 spiro atoms. The van der Waals surface area contributed by atoms with Gasteiger partial charge in [0.25, 0.3) is 5.91 Å². The molecule has 1 fully saturated rings. The molecule has 24 heavy (non-hydrogen) atoms. The molecule has 1 unspecified atom stereocenters. The van der Waals surface area contributed by atoms with E-state index in [1.54, 1.807) is 6.07 Å². The highest BCUT2D eigenvalue weighted by Crippen LogP contribution is 2.33. The maximum Gasteiger partial charge on any atom is 0.269 e. The predicted molar refractivity (Wildman–Crippen MR) is 91.2 cm³/mol. The fourth-order valence-corrected chi connectivity index (χ4v) is 3.17. The first-order valence-electron chi connectivity index (χ1n) is 7.85. The number of hydrogen-bond acceptors (Lipinski definition) is 4. The van der Waals surface area contributed by atoms with E-state index >= 15 is 0 Å². The van der Waals surface area contributed by atoms with Crippen molar-refractivity contribution in [3.05, 3.63) is 28.8 Å². The summed E-state index contributed by atoms with van der Waals surface area (Å²) in [6.45, 7) is -0.426. The van der Waals surface area contributed by atoms with E-state index in [1.807, 2.05) is 6.07 Å². The number of amides is 1. The van der Waals surface area contributed by atoms with E-state index in [1.165, 1.54) is 12.1 Å². The molecule has 0 heterocycles. The molecule has 0 radical (unpaired) electrons. The topological polar surface area (TPSA) is 93.4 Å². The van der Waals surface area contributed by atoms with E-state index in [4.69, 9.17) is 22.0 Å². The molecule has 3 N–H and O–H groups in total. The van der Waals surface area contributed by atoms with E-state index in [9.17, 15) is 9.90 Å². The van der Waals surface area contributed by atoms with Gasteiger partial charge in [-0.05, 0) is 31.0 Å². The lowest BCUT2D eigenvalue weighted by Crippen LogP contribution is -2.49. The van der Waals surface area contributed by atoms with Gasteiger partial charge in [0.15, 0.2) is 0 Å². The number of aliphatic hydroxyl groups excluding tert-OH is 1. The number of carbonyl (C=O) groups is 1. The number of aliphatic hydroxyl groups is 2. The van der Waals surface area contributed by atoms with Crippen molar-refractivity contribution in [3.63, 3.8) is 0 Å². The molecule has 5 nitrogen and oxygen atoms in total. The third-order valence-corrected chi connectivity index (χ3v) is 4.56. The molecule has 0 bridgehead atoms. The Hall–Kier alpha value is -2.05. The minimum absolute atomic E-state index is 0.220. The summed E-state index contributed by atoms with van der Waals surface area (Å²) in [7, 11) is 0. The maximum atomic E-state index is 12.7. The Kier molecular flexibility index (Phi) is 6.23. The van der Waals surface area contributed by atoms with Gasteiger partial charge in [-0.2, -0.15) is 5.26 Å². The Labute approximate surface area is 146 Å². The van der Waals surface area contributed by atoms with Gasteiger partial charge in [0.2, 0.25) is 5.60 Å². The van der Waals surface area contributed by atoms with E-state index in [0.717, 1.165) is 19.3 Å². The van der Waals surface area contributed by atoms with Crippen molar-refractivity contribution in [3.8, 4) is 17.9 Å². The number of hydrogen-bond donors (Lipinski definition) is 3. The van der Waals surface area contributed by atoms with Crippen molar-refractivity contribution in [1.29, 1.82) is 5.26 Å². The van der Waals surface area contributed by atoms with E-state index < -0.39 is 18.1 Å². The summed E-state index contributed by atoms with van der Waals surface area (Å²) in [5, 5.41) is 31.5. The molecule has 1 aromatic rings. The smallest absolute Gasteiger partial charge is 0.269 e. The quantitative estimate of drug-likeness (QED) is 0.733. The van der Waals surface area contributed by atoms with Crippen LogP contribution in [0.1, 0.15) is 37.7 Å². The number of rotatable bonds is 3. The van der Waals surface area contributed by atoms with Gasteiger partial charge in [-0.1, -0.05) is 42.7 Å². The highest BCUT2D eigenvalue weighted by atomic mass is 35.5. The van der Waals surface area contributed by atoms with Crippen molar-refractivity contribution in [2.24, 2.45) is 5.92 Å². The third-order valence-electron chi connectivity index (χ3n) is 4.25. The highest BCUT2D eigenvalue weighted by molar-refractivity contribution is 6.32. The Balaban J connectivity index is 2.24. The van der Waals surface area contributed by atoms with Crippen LogP contribution in [0.3, 0.4) is 0 Å². The Bertz CT molecular complexity index is 711. The normalized spacial score (nSPS) is 17.1. The van der Waals surface area contributed by atoms with Crippen LogP contribution in [0.25, 0.3) is 0 Å². The molecular weight excluding hydrogens is 328 g/mol. The number of nitrogens with one attached hydrogen (secondary N) is 1. The number of nitriles is 1. The lowest BCUT2D eigenvalue weighted by molar-refractivity contribution is -0.134. The van der Waals surface area contributed by atoms with Crippen LogP contribution in [-0.2, 0) is 4.79 Å².